The van der Waals surface area contributed by atoms with Crippen molar-refractivity contribution in [3.8, 4) is 0 Å². The summed E-state index contributed by atoms with van der Waals surface area (Å²) in [6.07, 6.45) is 3.20. The van der Waals surface area contributed by atoms with Crippen LogP contribution in [-0.2, 0) is 22.5 Å². The minimum Gasteiger partial charge on any atom is -0.385 e. The molecule has 7 nitrogen and oxygen atoms in total. The molecule has 41 heavy (non-hydrogen) atoms. The first-order valence-electron chi connectivity index (χ1n) is 14.1. The number of nitrogens with zero attached hydrogens (tertiary/aromatic N) is 2. The molecule has 0 fully saturated rings. The van der Waals surface area contributed by atoms with Crippen molar-refractivity contribution in [3.05, 3.63) is 102 Å². The Balaban J connectivity index is 1.50. The smallest absolute Gasteiger partial charge is 0.322 e. The number of nitrogens with one attached hydrogen (secondary N) is 2. The summed E-state index contributed by atoms with van der Waals surface area (Å²) in [5.41, 5.74) is 4.82. The molecule has 0 unspecified atom stereocenters. The number of hydrogen-bond acceptors (Lipinski definition) is 3. The molecule has 0 aliphatic rings. The number of carbonyl (C=O) groups is 2. The second kappa shape index (κ2) is 14.5. The van der Waals surface area contributed by atoms with Crippen LogP contribution in [0, 0.1) is 5.82 Å². The highest BCUT2D eigenvalue weighted by Gasteiger charge is 2.22. The lowest BCUT2D eigenvalue weighted by molar-refractivity contribution is -0.132. The number of amides is 3. The third-order valence-electron chi connectivity index (χ3n) is 7.18. The zero-order valence-corrected chi connectivity index (χ0v) is 24.0. The molecule has 0 bridgehead atoms. The Morgan fingerprint density at radius 2 is 1.68 bits per heavy atom. The number of carbonyl (C=O) groups excluding carboxylic acids is 2. The van der Waals surface area contributed by atoms with E-state index in [1.807, 2.05) is 48.7 Å². The van der Waals surface area contributed by atoms with Gasteiger partial charge in [0.2, 0.25) is 5.91 Å². The van der Waals surface area contributed by atoms with E-state index in [1.165, 1.54) is 22.6 Å². The van der Waals surface area contributed by atoms with Gasteiger partial charge in [-0.2, -0.15) is 0 Å². The molecular weight excluding hydrogens is 519 g/mol. The summed E-state index contributed by atoms with van der Waals surface area (Å²) in [4.78, 5) is 33.6. The van der Waals surface area contributed by atoms with E-state index in [0.717, 1.165) is 22.0 Å². The molecule has 4 rings (SSSR count). The maximum atomic E-state index is 13.7. The lowest BCUT2D eigenvalue weighted by Gasteiger charge is -2.28. The number of halogens is 1. The lowest BCUT2D eigenvalue weighted by atomic mass is 10.0. The third-order valence-corrected chi connectivity index (χ3v) is 7.18. The van der Waals surface area contributed by atoms with Crippen LogP contribution in [0.15, 0.2) is 79.0 Å². The number of benzene rings is 3. The highest BCUT2D eigenvalue weighted by Crippen LogP contribution is 2.20. The van der Waals surface area contributed by atoms with Crippen molar-refractivity contribution >= 4 is 28.5 Å². The second-order valence-electron chi connectivity index (χ2n) is 10.5. The van der Waals surface area contributed by atoms with Gasteiger partial charge in [-0.25, -0.2) is 9.18 Å². The van der Waals surface area contributed by atoms with E-state index in [9.17, 15) is 14.0 Å². The summed E-state index contributed by atoms with van der Waals surface area (Å²) in [5.74, 6) is -0.121. The number of para-hydroxylation sites is 1. The molecule has 0 spiro atoms. The Kier molecular flexibility index (Phi) is 10.5. The summed E-state index contributed by atoms with van der Waals surface area (Å²) in [6, 6.07) is 21.6. The Morgan fingerprint density at radius 1 is 0.951 bits per heavy atom. The monoisotopic (exact) mass is 558 g/mol. The Morgan fingerprint density at radius 3 is 2.39 bits per heavy atom. The molecule has 3 aromatic carbocycles. The highest BCUT2D eigenvalue weighted by atomic mass is 19.1. The number of fused-ring (bicyclic) bond motifs is 1. The first-order chi connectivity index (χ1) is 19.8. The van der Waals surface area contributed by atoms with Gasteiger partial charge in [-0.1, -0.05) is 56.3 Å². The summed E-state index contributed by atoms with van der Waals surface area (Å²) >= 11 is 0. The molecule has 0 radical (unpaired) electrons. The Bertz CT molecular complexity index is 1420. The van der Waals surface area contributed by atoms with Crippen molar-refractivity contribution in [2.75, 3.05) is 38.7 Å². The van der Waals surface area contributed by atoms with Crippen molar-refractivity contribution in [2.24, 2.45) is 0 Å². The normalized spacial score (nSPS) is 11.1. The predicted octanol–water partition coefficient (Wildman–Crippen LogP) is 6.57. The number of hydrogen-bond donors (Lipinski definition) is 2. The van der Waals surface area contributed by atoms with Gasteiger partial charge < -0.3 is 24.8 Å². The van der Waals surface area contributed by atoms with Crippen molar-refractivity contribution in [2.45, 2.75) is 39.2 Å². The Hall–Kier alpha value is -4.17. The predicted molar refractivity (Wildman–Crippen MR) is 161 cm³/mol. The molecule has 1 heterocycles. The van der Waals surface area contributed by atoms with Crippen LogP contribution in [0.3, 0.4) is 0 Å². The fourth-order valence-electron chi connectivity index (χ4n) is 4.77. The summed E-state index contributed by atoms with van der Waals surface area (Å²) in [5, 5.41) is 4.06. The van der Waals surface area contributed by atoms with Crippen molar-refractivity contribution in [1.82, 2.24) is 14.8 Å². The average molecular weight is 559 g/mol. The number of H-pyrrole nitrogens is 1. The average Bonchev–Trinajstić information content (AvgIpc) is 3.39. The van der Waals surface area contributed by atoms with Gasteiger partial charge in [-0.15, -0.1) is 0 Å². The number of anilines is 1. The van der Waals surface area contributed by atoms with E-state index in [2.05, 4.69) is 30.2 Å². The number of rotatable bonds is 13. The molecule has 8 heteroatoms. The number of methoxy groups -OCH3 is 1. The van der Waals surface area contributed by atoms with Crippen LogP contribution in [0.5, 0.6) is 0 Å². The summed E-state index contributed by atoms with van der Waals surface area (Å²) in [6.45, 7) is 5.74. The maximum Gasteiger partial charge on any atom is 0.322 e. The first-order valence-corrected chi connectivity index (χ1v) is 14.1. The second-order valence-corrected chi connectivity index (χ2v) is 10.5. The van der Waals surface area contributed by atoms with Gasteiger partial charge in [0.15, 0.2) is 0 Å². The fraction of sp³-hybridized carbons (Fsp3) is 0.333. The largest absolute Gasteiger partial charge is 0.385 e. The van der Waals surface area contributed by atoms with E-state index >= 15 is 0 Å². The molecule has 0 aliphatic heterocycles. The van der Waals surface area contributed by atoms with Crippen LogP contribution in [-0.4, -0.2) is 60.1 Å². The topological polar surface area (TPSA) is 77.7 Å². The molecule has 216 valence electrons. The minimum absolute atomic E-state index is 0.0886. The molecule has 0 atom stereocenters. The first kappa shape index (κ1) is 29.8. The quantitative estimate of drug-likeness (QED) is 0.182. The molecule has 0 saturated heterocycles. The van der Waals surface area contributed by atoms with Crippen LogP contribution in [0.2, 0.25) is 0 Å². The van der Waals surface area contributed by atoms with Gasteiger partial charge in [0.1, 0.15) is 12.4 Å². The molecule has 0 saturated carbocycles. The number of ether oxygens (including phenoxy) is 1. The third kappa shape index (κ3) is 8.41. The van der Waals surface area contributed by atoms with Gasteiger partial charge in [0, 0.05) is 56.1 Å². The van der Waals surface area contributed by atoms with E-state index < -0.39 is 0 Å². The molecule has 1 aromatic heterocycles. The van der Waals surface area contributed by atoms with E-state index in [-0.39, 0.29) is 24.3 Å². The van der Waals surface area contributed by atoms with Gasteiger partial charge in [-0.3, -0.25) is 4.79 Å². The van der Waals surface area contributed by atoms with Crippen LogP contribution >= 0.6 is 0 Å². The van der Waals surface area contributed by atoms with Crippen LogP contribution in [0.4, 0.5) is 14.9 Å². The Labute approximate surface area is 241 Å². The summed E-state index contributed by atoms with van der Waals surface area (Å²) < 4.78 is 18.8. The maximum absolute atomic E-state index is 13.7. The van der Waals surface area contributed by atoms with Crippen molar-refractivity contribution in [1.29, 1.82) is 0 Å². The van der Waals surface area contributed by atoms with Crippen LogP contribution in [0.25, 0.3) is 10.9 Å². The lowest BCUT2D eigenvalue weighted by Crippen LogP contribution is -2.45. The standard InChI is InChI=1S/C33H39FN4O3/c1-24(2)26-11-15-29(16-12-26)36-33(40)38(18-6-20-41-3)23-32(39)37(22-25-9-13-28(34)14-10-25)19-17-27-21-35-31-8-5-4-7-30(27)31/h4-5,7-16,21,24,35H,6,17-20,22-23H2,1-3H3,(H,36,40). The van der Waals surface area contributed by atoms with Crippen LogP contribution < -0.4 is 5.32 Å². The van der Waals surface area contributed by atoms with Gasteiger partial charge >= 0.3 is 6.03 Å². The van der Waals surface area contributed by atoms with E-state index in [1.54, 1.807) is 24.1 Å². The van der Waals surface area contributed by atoms with Gasteiger partial charge in [-0.05, 0) is 65.8 Å². The van der Waals surface area contributed by atoms with Crippen molar-refractivity contribution < 1.29 is 18.7 Å². The number of aromatic amines is 1. The number of aromatic nitrogens is 1. The molecule has 3 amide bonds. The molecule has 4 aromatic rings. The highest BCUT2D eigenvalue weighted by molar-refractivity contribution is 5.92. The minimum atomic E-state index is -0.342. The van der Waals surface area contributed by atoms with Gasteiger partial charge in [0.05, 0.1) is 0 Å². The van der Waals surface area contributed by atoms with E-state index in [0.29, 0.717) is 50.7 Å². The van der Waals surface area contributed by atoms with Crippen LogP contribution in [0.1, 0.15) is 42.9 Å². The molecule has 0 aliphatic carbocycles. The molecule has 2 N–H and O–H groups in total. The fourth-order valence-corrected chi connectivity index (χ4v) is 4.77. The SMILES string of the molecule is COCCCN(CC(=O)N(CCc1c[nH]c2ccccc12)Cc1ccc(F)cc1)C(=O)Nc1ccc(C(C)C)cc1. The van der Waals surface area contributed by atoms with E-state index in [4.69, 9.17) is 4.74 Å². The van der Waals surface area contributed by atoms with Crippen molar-refractivity contribution in [3.63, 3.8) is 0 Å². The zero-order chi connectivity index (χ0) is 29.2. The van der Waals surface area contributed by atoms with Gasteiger partial charge in [0.25, 0.3) is 0 Å². The number of urea groups is 1. The summed E-state index contributed by atoms with van der Waals surface area (Å²) in [7, 11) is 1.61. The zero-order valence-electron chi connectivity index (χ0n) is 24.0. The molecular formula is C33H39FN4O3.